The first-order valence-corrected chi connectivity index (χ1v) is 11.0. The monoisotopic (exact) mass is 410 g/mol. The lowest BCUT2D eigenvalue weighted by Gasteiger charge is -2.20. The van der Waals surface area contributed by atoms with Crippen LogP contribution in [0.2, 0.25) is 0 Å². The minimum atomic E-state index is -0.753. The number of carbonyl (C=O) groups excluding carboxylic acids is 1. The van der Waals surface area contributed by atoms with E-state index in [1.165, 1.54) is 9.44 Å². The summed E-state index contributed by atoms with van der Waals surface area (Å²) in [6.07, 6.45) is 3.90. The lowest BCUT2D eigenvalue weighted by molar-refractivity contribution is -0.150. The summed E-state index contributed by atoms with van der Waals surface area (Å²) >= 11 is 1.63. The van der Waals surface area contributed by atoms with E-state index in [-0.39, 0.29) is 11.7 Å². The highest BCUT2D eigenvalue weighted by Gasteiger charge is 2.28. The van der Waals surface area contributed by atoms with Crippen LogP contribution in [-0.2, 0) is 22.4 Å². The summed E-state index contributed by atoms with van der Waals surface area (Å²) in [5.41, 5.74) is 2.90. The fourth-order valence-corrected chi connectivity index (χ4v) is 5.25. The van der Waals surface area contributed by atoms with Gasteiger partial charge in [0.2, 0.25) is 0 Å². The molecule has 0 amide bonds. The molecule has 0 aliphatic heterocycles. The molecule has 6 heteroatoms. The summed E-state index contributed by atoms with van der Waals surface area (Å²) in [4.78, 5) is 33.4. The van der Waals surface area contributed by atoms with E-state index >= 15 is 0 Å². The molecule has 2 aromatic heterocycles. The van der Waals surface area contributed by atoms with Gasteiger partial charge < -0.3 is 4.74 Å². The highest BCUT2D eigenvalue weighted by molar-refractivity contribution is 7.18. The maximum atomic E-state index is 13.7. The van der Waals surface area contributed by atoms with E-state index in [1.807, 2.05) is 45.0 Å². The van der Waals surface area contributed by atoms with Crippen molar-refractivity contribution >= 4 is 27.5 Å². The molecule has 0 saturated heterocycles. The molecule has 0 saturated carbocycles. The summed E-state index contributed by atoms with van der Waals surface area (Å²) in [6.45, 7) is 7.35. The van der Waals surface area contributed by atoms with E-state index in [2.05, 4.69) is 0 Å². The van der Waals surface area contributed by atoms with Crippen LogP contribution in [0.25, 0.3) is 21.6 Å². The van der Waals surface area contributed by atoms with Crippen molar-refractivity contribution in [1.29, 1.82) is 0 Å². The van der Waals surface area contributed by atoms with Crippen LogP contribution >= 0.6 is 11.3 Å². The molecular weight excluding hydrogens is 384 g/mol. The molecule has 4 rings (SSSR count). The molecule has 0 radical (unpaired) electrons. The van der Waals surface area contributed by atoms with Crippen molar-refractivity contribution in [2.45, 2.75) is 65.5 Å². The molecule has 5 nitrogen and oxygen atoms in total. The van der Waals surface area contributed by atoms with Crippen molar-refractivity contribution < 1.29 is 9.53 Å². The van der Waals surface area contributed by atoms with Crippen molar-refractivity contribution in [3.63, 3.8) is 0 Å². The van der Waals surface area contributed by atoms with Crippen LogP contribution in [0.3, 0.4) is 0 Å². The predicted octanol–water partition coefficient (Wildman–Crippen LogP) is 4.82. The number of hydrogen-bond donors (Lipinski definition) is 0. The van der Waals surface area contributed by atoms with Crippen molar-refractivity contribution in [3.05, 3.63) is 50.6 Å². The predicted molar refractivity (Wildman–Crippen MR) is 117 cm³/mol. The Morgan fingerprint density at radius 3 is 2.69 bits per heavy atom. The largest absolute Gasteiger partial charge is 0.461 e. The Labute approximate surface area is 174 Å². The van der Waals surface area contributed by atoms with Crippen LogP contribution in [0.5, 0.6) is 0 Å². The number of thiophene rings is 1. The summed E-state index contributed by atoms with van der Waals surface area (Å²) in [6, 6.07) is 7.13. The minimum absolute atomic E-state index is 0.140. The lowest BCUT2D eigenvalue weighted by atomic mass is 9.97. The number of nitrogens with zero attached hydrogens (tertiary/aromatic N) is 2. The van der Waals surface area contributed by atoms with Gasteiger partial charge in [0.1, 0.15) is 16.7 Å². The van der Waals surface area contributed by atoms with E-state index in [0.29, 0.717) is 11.2 Å². The summed E-state index contributed by atoms with van der Waals surface area (Å²) in [5, 5.41) is 0.685. The zero-order valence-corrected chi connectivity index (χ0v) is 18.1. The minimum Gasteiger partial charge on any atom is -0.461 e. The maximum absolute atomic E-state index is 13.7. The molecule has 1 atom stereocenters. The maximum Gasteiger partial charge on any atom is 0.329 e. The van der Waals surface area contributed by atoms with E-state index in [9.17, 15) is 9.59 Å². The van der Waals surface area contributed by atoms with Crippen LogP contribution in [0, 0.1) is 6.92 Å². The second-order valence-corrected chi connectivity index (χ2v) is 9.12. The second-order valence-electron chi connectivity index (χ2n) is 8.03. The third kappa shape index (κ3) is 3.62. The Morgan fingerprint density at radius 1 is 1.21 bits per heavy atom. The Bertz CT molecular complexity index is 1140. The number of fused-ring (bicyclic) bond motifs is 3. The molecule has 1 unspecified atom stereocenters. The smallest absolute Gasteiger partial charge is 0.329 e. The molecule has 0 fully saturated rings. The third-order valence-corrected chi connectivity index (χ3v) is 6.56. The van der Waals surface area contributed by atoms with Gasteiger partial charge in [-0.1, -0.05) is 23.8 Å². The average molecular weight is 411 g/mol. The van der Waals surface area contributed by atoms with Crippen LogP contribution in [0.15, 0.2) is 29.1 Å². The highest BCUT2D eigenvalue weighted by Crippen LogP contribution is 2.35. The zero-order valence-electron chi connectivity index (χ0n) is 17.3. The van der Waals surface area contributed by atoms with Gasteiger partial charge in [0.05, 0.1) is 11.5 Å². The zero-order chi connectivity index (χ0) is 20.7. The number of ether oxygens (including phenoxy) is 1. The SMILES string of the molecule is Cc1cccc(-c2nc3sc4c(c3c(=O)n2C(C)C(=O)OC(C)C)CCCC4)c1. The summed E-state index contributed by atoms with van der Waals surface area (Å²) in [5.74, 6) is 0.110. The number of rotatable bonds is 4. The van der Waals surface area contributed by atoms with E-state index < -0.39 is 12.0 Å². The molecular formula is C23H26N2O3S. The molecule has 1 aromatic carbocycles. The highest BCUT2D eigenvalue weighted by atomic mass is 32.1. The second kappa shape index (κ2) is 7.75. The van der Waals surface area contributed by atoms with Crippen LogP contribution < -0.4 is 5.56 Å². The summed E-state index contributed by atoms with van der Waals surface area (Å²) in [7, 11) is 0. The van der Waals surface area contributed by atoms with Gasteiger partial charge in [0.15, 0.2) is 0 Å². The number of hydrogen-bond acceptors (Lipinski definition) is 5. The molecule has 1 aliphatic carbocycles. The van der Waals surface area contributed by atoms with Crippen LogP contribution in [-0.4, -0.2) is 21.6 Å². The number of aryl methyl sites for hydroxylation is 3. The van der Waals surface area contributed by atoms with Crippen LogP contribution in [0.1, 0.15) is 55.7 Å². The first-order valence-electron chi connectivity index (χ1n) is 10.2. The van der Waals surface area contributed by atoms with Gasteiger partial charge in [0.25, 0.3) is 5.56 Å². The number of aromatic nitrogens is 2. The molecule has 1 aliphatic rings. The first-order chi connectivity index (χ1) is 13.9. The van der Waals surface area contributed by atoms with Gasteiger partial charge in [-0.3, -0.25) is 9.36 Å². The van der Waals surface area contributed by atoms with E-state index in [4.69, 9.17) is 9.72 Å². The Hall–Kier alpha value is -2.47. The summed E-state index contributed by atoms with van der Waals surface area (Å²) < 4.78 is 6.95. The van der Waals surface area contributed by atoms with Gasteiger partial charge in [0, 0.05) is 10.4 Å². The van der Waals surface area contributed by atoms with E-state index in [1.54, 1.807) is 18.3 Å². The van der Waals surface area contributed by atoms with Gasteiger partial charge in [-0.05, 0) is 65.0 Å². The average Bonchev–Trinajstić information content (AvgIpc) is 3.05. The number of benzene rings is 1. The van der Waals surface area contributed by atoms with Gasteiger partial charge >= 0.3 is 5.97 Å². The fraction of sp³-hybridized carbons (Fsp3) is 0.435. The van der Waals surface area contributed by atoms with E-state index in [0.717, 1.165) is 47.2 Å². The molecule has 2 heterocycles. The lowest BCUT2D eigenvalue weighted by Crippen LogP contribution is -2.32. The standard InChI is InChI=1S/C23H26N2O3S/c1-13(2)28-23(27)15(4)25-20(16-9-7-8-14(3)12-16)24-21-19(22(25)26)17-10-5-6-11-18(17)29-21/h7-9,12-13,15H,5-6,10-11H2,1-4H3. The third-order valence-electron chi connectivity index (χ3n) is 5.38. The van der Waals surface area contributed by atoms with Gasteiger partial charge in [-0.25, -0.2) is 9.78 Å². The molecule has 0 N–H and O–H groups in total. The normalized spacial score (nSPS) is 14.8. The molecule has 29 heavy (non-hydrogen) atoms. The topological polar surface area (TPSA) is 61.2 Å². The van der Waals surface area contributed by atoms with Crippen molar-refractivity contribution in [2.24, 2.45) is 0 Å². The number of esters is 1. The molecule has 152 valence electrons. The van der Waals surface area contributed by atoms with Gasteiger partial charge in [-0.2, -0.15) is 0 Å². The Balaban J connectivity index is 1.99. The van der Waals surface area contributed by atoms with Crippen molar-refractivity contribution in [2.75, 3.05) is 0 Å². The number of carbonyl (C=O) groups is 1. The van der Waals surface area contributed by atoms with Crippen LogP contribution in [0.4, 0.5) is 0 Å². The van der Waals surface area contributed by atoms with Crippen molar-refractivity contribution in [1.82, 2.24) is 9.55 Å². The Kier molecular flexibility index (Phi) is 5.30. The molecule has 3 aromatic rings. The molecule has 0 spiro atoms. The fourth-order valence-electron chi connectivity index (χ4n) is 4.00. The Morgan fingerprint density at radius 2 is 1.97 bits per heavy atom. The first kappa shape index (κ1) is 19.8. The molecule has 0 bridgehead atoms. The van der Waals surface area contributed by atoms with Gasteiger partial charge in [-0.15, -0.1) is 11.3 Å². The van der Waals surface area contributed by atoms with Crippen molar-refractivity contribution in [3.8, 4) is 11.4 Å². The quantitative estimate of drug-likeness (QED) is 0.578.